The van der Waals surface area contributed by atoms with Crippen molar-refractivity contribution in [1.82, 2.24) is 0 Å². The minimum absolute atomic E-state index is 0. The molecule has 0 aromatic carbocycles. The molecular weight excluding hydrogens is 311 g/mol. The van der Waals surface area contributed by atoms with Gasteiger partial charge < -0.3 is 30.2 Å². The van der Waals surface area contributed by atoms with Crippen molar-refractivity contribution in [2.45, 2.75) is 0 Å². The number of rotatable bonds is 0. The van der Waals surface area contributed by atoms with Crippen molar-refractivity contribution in [3.8, 4) is 0 Å². The van der Waals surface area contributed by atoms with Crippen molar-refractivity contribution in [3.05, 3.63) is 0 Å². The fourth-order valence-corrected chi connectivity index (χ4v) is 0. The van der Waals surface area contributed by atoms with Crippen LogP contribution >= 0.6 is 7.82 Å². The van der Waals surface area contributed by atoms with Crippen LogP contribution in [0.2, 0.25) is 0 Å². The molecule has 6 nitrogen and oxygen atoms in total. The second-order valence-electron chi connectivity index (χ2n) is 0.447. The topological polar surface area (TPSA) is 145 Å². The normalized spacial score (nSPS) is 7.38. The Labute approximate surface area is 59.7 Å². The summed E-state index contributed by atoms with van der Waals surface area (Å²) >= 11 is 0. The molecule has 0 aliphatic heterocycles. The van der Waals surface area contributed by atoms with Crippen LogP contribution in [0.5, 0.6) is 0 Å². The van der Waals surface area contributed by atoms with Crippen LogP contribution in [-0.2, 0) is 31.1 Å². The fourth-order valence-electron chi connectivity index (χ4n) is 0. The van der Waals surface area contributed by atoms with Gasteiger partial charge in [0, 0.05) is 0 Å². The molecule has 48 valence electrons. The van der Waals surface area contributed by atoms with E-state index in [1.807, 2.05) is 0 Å². The predicted molar refractivity (Wildman–Crippen MR) is 10.2 cm³/mol. The molecule has 8 heteroatoms. The first-order valence-corrected chi connectivity index (χ1v) is 2.19. The van der Waals surface area contributed by atoms with Gasteiger partial charge >= 0.3 is 21.1 Å². The number of hydrogen-bond acceptors (Lipinski definition) is 5. The first-order chi connectivity index (χ1) is 2.00. The standard InChI is InChI=1S/H3O4P.H2O.O.W/c1-5(2,3)4;;;/h(H3,1,2,3,4);1H2;;/q;;-2;+6/p-4. The summed E-state index contributed by atoms with van der Waals surface area (Å²) in [6.07, 6.45) is 0. The van der Waals surface area contributed by atoms with Crippen LogP contribution in [0, 0.1) is 0 Å². The molecular formula is HO6PW. The Kier molecular flexibility index (Phi) is 22.5. The Morgan fingerprint density at radius 1 is 1.12 bits per heavy atom. The van der Waals surface area contributed by atoms with E-state index >= 15 is 0 Å². The Hall–Kier alpha value is 0.718. The molecule has 0 bridgehead atoms. The summed E-state index contributed by atoms with van der Waals surface area (Å²) in [5.41, 5.74) is 0. The van der Waals surface area contributed by atoms with Crippen LogP contribution in [0.3, 0.4) is 0 Å². The molecule has 0 amide bonds. The summed E-state index contributed by atoms with van der Waals surface area (Å²) in [5, 5.41) is 0. The van der Waals surface area contributed by atoms with Gasteiger partial charge in [0.1, 0.15) is 0 Å². The molecule has 0 aromatic rings. The third kappa shape index (κ3) is 426. The van der Waals surface area contributed by atoms with E-state index in [0.29, 0.717) is 0 Å². The van der Waals surface area contributed by atoms with Gasteiger partial charge in [-0.05, 0) is 0 Å². The molecule has 8 heavy (non-hydrogen) atoms. The van der Waals surface area contributed by atoms with Crippen molar-refractivity contribution < 1.29 is 51.3 Å². The first kappa shape index (κ1) is 23.3. The van der Waals surface area contributed by atoms with E-state index in [4.69, 9.17) is 19.2 Å². The maximum atomic E-state index is 8.55. The molecule has 0 radical (unpaired) electrons. The summed E-state index contributed by atoms with van der Waals surface area (Å²) < 4.78 is 8.55. The van der Waals surface area contributed by atoms with Gasteiger partial charge in [0.05, 0.1) is 0 Å². The molecule has 0 atom stereocenters. The minimum atomic E-state index is -5.39. The van der Waals surface area contributed by atoms with Crippen molar-refractivity contribution in [2.75, 3.05) is 0 Å². The monoisotopic (exact) mass is 312 g/mol. The quantitative estimate of drug-likeness (QED) is 0.434. The summed E-state index contributed by atoms with van der Waals surface area (Å²) in [5.74, 6) is 0. The first-order valence-electron chi connectivity index (χ1n) is 0.730. The molecule has 0 rings (SSSR count). The van der Waals surface area contributed by atoms with Crippen LogP contribution in [0.1, 0.15) is 0 Å². The van der Waals surface area contributed by atoms with Crippen LogP contribution in [0.15, 0.2) is 0 Å². The van der Waals surface area contributed by atoms with Crippen LogP contribution in [-0.4, -0.2) is 5.48 Å². The van der Waals surface area contributed by atoms with Crippen LogP contribution in [0.4, 0.5) is 0 Å². The van der Waals surface area contributed by atoms with Gasteiger partial charge in [-0.25, -0.2) is 0 Å². The molecule has 0 saturated carbocycles. The van der Waals surface area contributed by atoms with Crippen molar-refractivity contribution in [1.29, 1.82) is 0 Å². The molecule has 0 unspecified atom stereocenters. The molecule has 0 spiro atoms. The van der Waals surface area contributed by atoms with Crippen molar-refractivity contribution in [2.24, 2.45) is 0 Å². The number of phosphoric acid groups is 1. The largest absolute Gasteiger partial charge is 6.00 e. The van der Waals surface area contributed by atoms with Gasteiger partial charge in [0.15, 0.2) is 0 Å². The molecule has 0 heterocycles. The van der Waals surface area contributed by atoms with E-state index in [0.717, 1.165) is 0 Å². The average Bonchev–Trinajstić information content (AvgIpc) is 0.722. The van der Waals surface area contributed by atoms with Gasteiger partial charge in [-0.15, -0.1) is 0 Å². The van der Waals surface area contributed by atoms with Crippen LogP contribution < -0.4 is 14.7 Å². The zero-order valence-corrected chi connectivity index (χ0v) is 7.17. The fraction of sp³-hybridized carbons (Fsp3) is 0. The van der Waals surface area contributed by atoms with Gasteiger partial charge in [0.2, 0.25) is 0 Å². The van der Waals surface area contributed by atoms with Gasteiger partial charge in [0.25, 0.3) is 0 Å². The van der Waals surface area contributed by atoms with E-state index in [-0.39, 0.29) is 32.0 Å². The molecule has 0 aliphatic carbocycles. The molecule has 1 N–H and O–H groups in total. The summed E-state index contributed by atoms with van der Waals surface area (Å²) in [6, 6.07) is 0. The van der Waals surface area contributed by atoms with Crippen LogP contribution in [0.25, 0.3) is 0 Å². The Bertz CT molecular complexity index is 54.7. The second kappa shape index (κ2) is 7.72. The van der Waals surface area contributed by atoms with Gasteiger partial charge in [-0.2, -0.15) is 7.82 Å². The second-order valence-corrected chi connectivity index (χ2v) is 1.34. The molecule has 0 aliphatic rings. The third-order valence-corrected chi connectivity index (χ3v) is 0. The minimum Gasteiger partial charge on any atom is -2.00 e. The Morgan fingerprint density at radius 3 is 1.12 bits per heavy atom. The van der Waals surface area contributed by atoms with E-state index in [2.05, 4.69) is 0 Å². The number of hydrogen-bond donors (Lipinski definition) is 0. The molecule has 0 saturated heterocycles. The maximum Gasteiger partial charge on any atom is 6.00 e. The summed E-state index contributed by atoms with van der Waals surface area (Å²) in [7, 11) is -5.39. The Balaban J connectivity index is -0.0000000267. The third-order valence-electron chi connectivity index (χ3n) is 0. The van der Waals surface area contributed by atoms with Crippen molar-refractivity contribution in [3.63, 3.8) is 0 Å². The molecule has 0 fully saturated rings. The van der Waals surface area contributed by atoms with Gasteiger partial charge in [-0.1, -0.05) is 0 Å². The smallest absolute Gasteiger partial charge is 2.00 e. The zero-order chi connectivity index (χ0) is 4.50. The van der Waals surface area contributed by atoms with Crippen molar-refractivity contribution >= 4 is 7.82 Å². The maximum absolute atomic E-state index is 8.55. The van der Waals surface area contributed by atoms with E-state index in [1.54, 1.807) is 0 Å². The predicted octanol–water partition coefficient (Wildman–Crippen LogP) is -3.12. The Morgan fingerprint density at radius 2 is 1.12 bits per heavy atom. The zero-order valence-electron chi connectivity index (χ0n) is 3.34. The molecule has 0 aromatic heterocycles. The van der Waals surface area contributed by atoms with Gasteiger partial charge in [-0.3, -0.25) is 0 Å². The van der Waals surface area contributed by atoms with E-state index in [9.17, 15) is 0 Å². The summed E-state index contributed by atoms with van der Waals surface area (Å²) in [4.78, 5) is 25.6. The SMILES string of the molecule is O=P([O-])([O-])[O-].[O-2].[OH-].[W+6]. The average molecular weight is 312 g/mol. The van der Waals surface area contributed by atoms with E-state index < -0.39 is 7.82 Å². The summed E-state index contributed by atoms with van der Waals surface area (Å²) in [6.45, 7) is 0. The van der Waals surface area contributed by atoms with E-state index in [1.165, 1.54) is 0 Å².